The van der Waals surface area contributed by atoms with E-state index < -0.39 is 17.5 Å². The summed E-state index contributed by atoms with van der Waals surface area (Å²) in [5.74, 6) is -2.78. The maximum Gasteiger partial charge on any atom is 0.340 e. The zero-order chi connectivity index (χ0) is 30.7. The van der Waals surface area contributed by atoms with Crippen molar-refractivity contribution in [3.05, 3.63) is 166 Å². The maximum absolute atomic E-state index is 12.2. The molecule has 0 fully saturated rings. The quantitative estimate of drug-likeness (QED) is 0.143. The number of ether oxygens (including phenoxy) is 2. The van der Waals surface area contributed by atoms with Gasteiger partial charge in [0.05, 0.1) is 5.56 Å². The number of carboxylic acid groups (broad SMARTS) is 2. The molecule has 0 spiro atoms. The molecule has 0 radical (unpaired) electrons. The van der Waals surface area contributed by atoms with Gasteiger partial charge < -0.3 is 19.7 Å². The predicted molar refractivity (Wildman–Crippen MR) is 173 cm³/mol. The smallest absolute Gasteiger partial charge is 0.340 e. The fraction of sp³-hybridized carbons (Fsp3) is 0.0526. The van der Waals surface area contributed by atoms with Crippen molar-refractivity contribution < 1.29 is 29.3 Å². The van der Waals surface area contributed by atoms with E-state index in [-0.39, 0.29) is 30.3 Å². The van der Waals surface area contributed by atoms with E-state index in [9.17, 15) is 19.8 Å². The summed E-state index contributed by atoms with van der Waals surface area (Å²) in [5, 5.41) is 19.6. The number of aromatic carboxylic acids is 2. The minimum absolute atomic E-state index is 0.0187. The summed E-state index contributed by atoms with van der Waals surface area (Å²) in [6.45, 7) is 0.151. The van der Waals surface area contributed by atoms with Crippen LogP contribution in [0.1, 0.15) is 54.1 Å². The first-order chi connectivity index (χ1) is 21.5. The molecule has 0 aliphatic heterocycles. The lowest BCUT2D eigenvalue weighted by Gasteiger charge is -2.17. The van der Waals surface area contributed by atoms with Crippen molar-refractivity contribution in [2.75, 3.05) is 0 Å². The Kier molecular flexibility index (Phi) is 9.65. The highest BCUT2D eigenvalue weighted by molar-refractivity contribution is 6.04. The topological polar surface area (TPSA) is 93.1 Å². The minimum atomic E-state index is -1.42. The Bertz CT molecular complexity index is 1770. The summed E-state index contributed by atoms with van der Waals surface area (Å²) in [6.07, 6.45) is 8.06. The number of hydrogen-bond acceptors (Lipinski definition) is 4. The van der Waals surface area contributed by atoms with Gasteiger partial charge in [0.1, 0.15) is 18.8 Å². The molecule has 0 unspecified atom stereocenters. The molecule has 0 aliphatic rings. The molecule has 0 saturated carbocycles. The van der Waals surface area contributed by atoms with Gasteiger partial charge in [-0.25, -0.2) is 9.59 Å². The molecular formula is C38H30O6. The Balaban J connectivity index is 1.30. The summed E-state index contributed by atoms with van der Waals surface area (Å²) in [6, 6.07) is 38.0. The largest absolute Gasteiger partial charge is 0.485 e. The lowest BCUT2D eigenvalue weighted by molar-refractivity contribution is 0.0646. The monoisotopic (exact) mass is 582 g/mol. The second kappa shape index (κ2) is 14.3. The fourth-order valence-electron chi connectivity index (χ4n) is 4.49. The van der Waals surface area contributed by atoms with Crippen molar-refractivity contribution in [3.8, 4) is 11.5 Å². The zero-order valence-electron chi connectivity index (χ0n) is 23.8. The average molecular weight is 583 g/mol. The molecule has 0 atom stereocenters. The molecule has 0 bridgehead atoms. The maximum atomic E-state index is 12.2. The van der Waals surface area contributed by atoms with E-state index in [2.05, 4.69) is 0 Å². The van der Waals surface area contributed by atoms with Crippen molar-refractivity contribution in [1.29, 1.82) is 0 Å². The Morgan fingerprint density at radius 1 is 0.500 bits per heavy atom. The van der Waals surface area contributed by atoms with Gasteiger partial charge in [0.2, 0.25) is 0 Å². The molecule has 0 saturated heterocycles. The van der Waals surface area contributed by atoms with Crippen LogP contribution in [-0.4, -0.2) is 22.2 Å². The summed E-state index contributed by atoms with van der Waals surface area (Å²) in [4.78, 5) is 24.1. The van der Waals surface area contributed by atoms with Crippen LogP contribution in [0.5, 0.6) is 11.5 Å². The highest BCUT2D eigenvalue weighted by Gasteiger charge is 2.25. The third-order valence-corrected chi connectivity index (χ3v) is 6.84. The van der Waals surface area contributed by atoms with E-state index in [0.29, 0.717) is 0 Å². The van der Waals surface area contributed by atoms with Crippen LogP contribution in [0.15, 0.2) is 121 Å². The van der Waals surface area contributed by atoms with Gasteiger partial charge in [-0.3, -0.25) is 0 Å². The molecule has 5 aromatic carbocycles. The van der Waals surface area contributed by atoms with E-state index in [1.54, 1.807) is 0 Å². The van der Waals surface area contributed by atoms with Gasteiger partial charge in [-0.05, 0) is 45.5 Å². The summed E-state index contributed by atoms with van der Waals surface area (Å²) >= 11 is 0. The van der Waals surface area contributed by atoms with Crippen molar-refractivity contribution in [2.24, 2.45) is 0 Å². The van der Waals surface area contributed by atoms with Gasteiger partial charge in [0.25, 0.3) is 0 Å². The normalized spacial score (nSPS) is 11.1. The summed E-state index contributed by atoms with van der Waals surface area (Å²) in [5.41, 5.74) is 4.99. The van der Waals surface area contributed by atoms with Gasteiger partial charge >= 0.3 is 11.9 Å². The van der Waals surface area contributed by atoms with Crippen LogP contribution >= 0.6 is 0 Å². The van der Waals surface area contributed by atoms with Crippen LogP contribution in [0.2, 0.25) is 0 Å². The van der Waals surface area contributed by atoms with Crippen molar-refractivity contribution >= 4 is 36.2 Å². The van der Waals surface area contributed by atoms with Crippen LogP contribution in [0.25, 0.3) is 24.3 Å². The molecule has 218 valence electrons. The summed E-state index contributed by atoms with van der Waals surface area (Å²) in [7, 11) is 0. The van der Waals surface area contributed by atoms with E-state index in [0.717, 1.165) is 33.4 Å². The number of hydrogen-bond donors (Lipinski definition) is 2. The Hall–Kier alpha value is -5.88. The molecule has 6 nitrogen and oxygen atoms in total. The third kappa shape index (κ3) is 7.89. The van der Waals surface area contributed by atoms with Gasteiger partial charge in [0.15, 0.2) is 11.5 Å². The molecule has 0 aromatic heterocycles. The van der Waals surface area contributed by atoms with Gasteiger partial charge in [-0.15, -0.1) is 0 Å². The molecule has 6 heteroatoms. The van der Waals surface area contributed by atoms with Crippen molar-refractivity contribution in [3.63, 3.8) is 0 Å². The molecule has 0 heterocycles. The average Bonchev–Trinajstić information content (AvgIpc) is 3.06. The van der Waals surface area contributed by atoms with Gasteiger partial charge in [-0.2, -0.15) is 0 Å². The first-order valence-electron chi connectivity index (χ1n) is 14.0. The predicted octanol–water partition coefficient (Wildman–Crippen LogP) is 8.58. The second-order valence-corrected chi connectivity index (χ2v) is 9.97. The Morgan fingerprint density at radius 3 is 1.36 bits per heavy atom. The van der Waals surface area contributed by atoms with E-state index in [4.69, 9.17) is 9.47 Å². The van der Waals surface area contributed by atoms with Crippen molar-refractivity contribution in [2.45, 2.75) is 13.2 Å². The van der Waals surface area contributed by atoms with Gasteiger partial charge in [-0.1, -0.05) is 133 Å². The molecule has 0 amide bonds. The highest BCUT2D eigenvalue weighted by atomic mass is 16.5. The first kappa shape index (κ1) is 29.6. The number of rotatable bonds is 12. The van der Waals surface area contributed by atoms with Crippen LogP contribution in [-0.2, 0) is 13.2 Å². The lowest BCUT2D eigenvalue weighted by atomic mass is 10.1. The molecular weight excluding hydrogens is 552 g/mol. The fourth-order valence-corrected chi connectivity index (χ4v) is 4.49. The standard InChI is InChI=1S/C38H30O6/c39-37(40)33-23-24-34(43-25-31-19-15-29(16-20-31)13-11-27-7-3-1-4-8-27)36(35(33)38(41)42)44-26-32-21-17-30(18-22-32)14-12-28-9-5-2-6-10-28/h1-24H,25-26H2,(H,39,40)(H,41,42)/b13-11+,14-12+. The number of benzene rings is 5. The third-order valence-electron chi connectivity index (χ3n) is 6.84. The number of carbonyl (C=O) groups is 2. The molecule has 0 aliphatic carbocycles. The first-order valence-corrected chi connectivity index (χ1v) is 14.0. The van der Waals surface area contributed by atoms with Crippen LogP contribution in [0.3, 0.4) is 0 Å². The zero-order valence-corrected chi connectivity index (χ0v) is 23.8. The molecule has 5 aromatic rings. The minimum Gasteiger partial charge on any atom is -0.485 e. The van der Waals surface area contributed by atoms with E-state index >= 15 is 0 Å². The Morgan fingerprint density at radius 2 is 0.932 bits per heavy atom. The molecule has 5 rings (SSSR count). The van der Waals surface area contributed by atoms with Crippen LogP contribution in [0, 0.1) is 0 Å². The van der Waals surface area contributed by atoms with Gasteiger partial charge in [0, 0.05) is 0 Å². The van der Waals surface area contributed by atoms with E-state index in [1.807, 2.05) is 133 Å². The Labute approximate surface area is 255 Å². The van der Waals surface area contributed by atoms with Crippen molar-refractivity contribution in [1.82, 2.24) is 0 Å². The van der Waals surface area contributed by atoms with Crippen LogP contribution in [0.4, 0.5) is 0 Å². The molecule has 44 heavy (non-hydrogen) atoms. The second-order valence-electron chi connectivity index (χ2n) is 9.97. The van der Waals surface area contributed by atoms with E-state index in [1.165, 1.54) is 12.1 Å². The number of carboxylic acids is 2. The van der Waals surface area contributed by atoms with Crippen LogP contribution < -0.4 is 9.47 Å². The summed E-state index contributed by atoms with van der Waals surface area (Å²) < 4.78 is 12.0. The highest BCUT2D eigenvalue weighted by Crippen LogP contribution is 2.35. The SMILES string of the molecule is O=C(O)c1ccc(OCc2ccc(/C=C/c3ccccc3)cc2)c(OCc2ccc(/C=C/c3ccccc3)cc2)c1C(=O)O. The molecule has 2 N–H and O–H groups in total. The lowest BCUT2D eigenvalue weighted by Crippen LogP contribution is -2.12.